The van der Waals surface area contributed by atoms with Gasteiger partial charge in [-0.2, -0.15) is 0 Å². The molecule has 0 amide bonds. The van der Waals surface area contributed by atoms with Gasteiger partial charge in [0, 0.05) is 6.42 Å². The molecular weight excluding hydrogens is 212 g/mol. The summed E-state index contributed by atoms with van der Waals surface area (Å²) < 4.78 is 5.75. The highest BCUT2D eigenvalue weighted by Gasteiger charge is 2.46. The van der Waals surface area contributed by atoms with Crippen molar-refractivity contribution in [2.24, 2.45) is 0 Å². The zero-order chi connectivity index (χ0) is 11.7. The lowest BCUT2D eigenvalue weighted by molar-refractivity contribution is -0.200. The van der Waals surface area contributed by atoms with Gasteiger partial charge in [0.2, 0.25) is 0 Å². The largest absolute Gasteiger partial charge is 0.479 e. The van der Waals surface area contributed by atoms with Crippen LogP contribution in [0.2, 0.25) is 0 Å². The van der Waals surface area contributed by atoms with Crippen molar-refractivity contribution >= 4 is 23.1 Å². The zero-order valence-corrected chi connectivity index (χ0v) is 10.3. The minimum absolute atomic E-state index is 0.334. The third kappa shape index (κ3) is 2.98. The summed E-state index contributed by atoms with van der Waals surface area (Å²) in [6, 6.07) is 0. The molecule has 0 aromatic carbocycles. The van der Waals surface area contributed by atoms with Crippen LogP contribution in [-0.4, -0.2) is 27.1 Å². The highest BCUT2D eigenvalue weighted by atomic mass is 32.1. The normalized spacial score (nSPS) is 29.8. The molecule has 15 heavy (non-hydrogen) atoms. The Labute approximate surface area is 95.8 Å². The highest BCUT2D eigenvalue weighted by molar-refractivity contribution is 7.80. The Morgan fingerprint density at radius 3 is 2.47 bits per heavy atom. The molecule has 1 N–H and O–H groups in total. The van der Waals surface area contributed by atoms with E-state index in [2.05, 4.69) is 0 Å². The number of thiocarbonyl (C=S) groups is 1. The van der Waals surface area contributed by atoms with E-state index in [0.29, 0.717) is 17.7 Å². The van der Waals surface area contributed by atoms with Crippen molar-refractivity contribution in [3.63, 3.8) is 0 Å². The Balaban J connectivity index is 2.90. The maximum Gasteiger partial charge on any atom is 0.336 e. The maximum absolute atomic E-state index is 11.3. The molecule has 1 atom stereocenters. The molecule has 0 radical (unpaired) electrons. The summed E-state index contributed by atoms with van der Waals surface area (Å²) >= 11 is 5.00. The molecule has 4 heteroatoms. The summed E-state index contributed by atoms with van der Waals surface area (Å²) in [5.74, 6) is -0.889. The Morgan fingerprint density at radius 1 is 1.47 bits per heavy atom. The molecule has 0 bridgehead atoms. The van der Waals surface area contributed by atoms with Crippen LogP contribution in [0.15, 0.2) is 0 Å². The minimum atomic E-state index is -1.09. The van der Waals surface area contributed by atoms with E-state index in [1.807, 2.05) is 13.8 Å². The van der Waals surface area contributed by atoms with Crippen molar-refractivity contribution in [1.82, 2.24) is 0 Å². The lowest BCUT2D eigenvalue weighted by atomic mass is 9.84. The predicted octanol–water partition coefficient (Wildman–Crippen LogP) is 2.57. The van der Waals surface area contributed by atoms with E-state index in [0.717, 1.165) is 12.8 Å². The second-order valence-electron chi connectivity index (χ2n) is 4.89. The van der Waals surface area contributed by atoms with Gasteiger partial charge in [0.1, 0.15) is 0 Å². The third-order valence-electron chi connectivity index (χ3n) is 2.76. The van der Waals surface area contributed by atoms with E-state index in [4.69, 9.17) is 17.0 Å². The number of hydrogen-bond acceptors (Lipinski definition) is 3. The predicted molar refractivity (Wildman–Crippen MR) is 62.3 cm³/mol. The van der Waals surface area contributed by atoms with Crippen molar-refractivity contribution in [3.05, 3.63) is 0 Å². The third-order valence-corrected chi connectivity index (χ3v) is 2.90. The van der Waals surface area contributed by atoms with Crippen LogP contribution in [0.4, 0.5) is 0 Å². The molecule has 1 heterocycles. The van der Waals surface area contributed by atoms with E-state index in [9.17, 15) is 9.90 Å². The molecule has 0 aromatic rings. The smallest absolute Gasteiger partial charge is 0.336 e. The van der Waals surface area contributed by atoms with E-state index in [1.54, 1.807) is 6.92 Å². The van der Waals surface area contributed by atoms with Crippen LogP contribution in [0.5, 0.6) is 0 Å². The number of ether oxygens (including phenoxy) is 1. The first kappa shape index (κ1) is 12.6. The van der Waals surface area contributed by atoms with Gasteiger partial charge in [-0.25, -0.2) is 4.79 Å². The second kappa shape index (κ2) is 4.18. The van der Waals surface area contributed by atoms with Crippen LogP contribution in [0.3, 0.4) is 0 Å². The summed E-state index contributed by atoms with van der Waals surface area (Å²) in [7, 11) is 0. The van der Waals surface area contributed by atoms with Gasteiger partial charge in [-0.15, -0.1) is 0 Å². The fourth-order valence-electron chi connectivity index (χ4n) is 2.18. The molecule has 1 saturated heterocycles. The summed E-state index contributed by atoms with van der Waals surface area (Å²) in [6.45, 7) is 5.64. The minimum Gasteiger partial charge on any atom is -0.479 e. The summed E-state index contributed by atoms with van der Waals surface area (Å²) in [6.07, 6.45) is 2.67. The number of carboxylic acid groups (broad SMARTS) is 1. The van der Waals surface area contributed by atoms with Gasteiger partial charge in [-0.05, 0) is 44.9 Å². The van der Waals surface area contributed by atoms with Crippen molar-refractivity contribution in [3.8, 4) is 0 Å². The lowest BCUT2D eigenvalue weighted by Crippen LogP contribution is -2.51. The summed E-state index contributed by atoms with van der Waals surface area (Å²) in [5, 5.41) is 9.29. The number of carboxylic acids is 1. The molecule has 0 aliphatic carbocycles. The van der Waals surface area contributed by atoms with Crippen molar-refractivity contribution in [2.75, 3.05) is 0 Å². The van der Waals surface area contributed by atoms with E-state index < -0.39 is 11.6 Å². The average Bonchev–Trinajstić information content (AvgIpc) is 1.99. The van der Waals surface area contributed by atoms with Gasteiger partial charge >= 0.3 is 5.97 Å². The topological polar surface area (TPSA) is 46.5 Å². The van der Waals surface area contributed by atoms with Gasteiger partial charge < -0.3 is 9.84 Å². The van der Waals surface area contributed by atoms with Crippen LogP contribution in [0.1, 0.15) is 46.5 Å². The van der Waals surface area contributed by atoms with Crippen molar-refractivity contribution in [1.29, 1.82) is 0 Å². The highest BCUT2D eigenvalue weighted by Crippen LogP contribution is 2.37. The van der Waals surface area contributed by atoms with Gasteiger partial charge in [0.05, 0.1) is 5.60 Å². The molecule has 1 rings (SSSR count). The van der Waals surface area contributed by atoms with Crippen molar-refractivity contribution in [2.45, 2.75) is 57.7 Å². The Hall–Kier alpha value is -0.480. The fraction of sp³-hybridized carbons (Fsp3) is 0.818. The maximum atomic E-state index is 11.3. The van der Waals surface area contributed by atoms with Crippen LogP contribution < -0.4 is 0 Å². The molecule has 3 nitrogen and oxygen atoms in total. The van der Waals surface area contributed by atoms with Gasteiger partial charge in [-0.3, -0.25) is 0 Å². The average molecular weight is 230 g/mol. The summed E-state index contributed by atoms with van der Waals surface area (Å²) in [5.41, 5.74) is -1.45. The van der Waals surface area contributed by atoms with Crippen LogP contribution in [0.25, 0.3) is 0 Å². The Morgan fingerprint density at radius 2 is 2.07 bits per heavy atom. The number of aliphatic carboxylic acids is 1. The quantitative estimate of drug-likeness (QED) is 0.757. The van der Waals surface area contributed by atoms with E-state index in [1.165, 1.54) is 0 Å². The SMILES string of the molecule is CC(=S)CC1(C(=O)O)CCCC(C)(C)O1. The van der Waals surface area contributed by atoms with Gasteiger partial charge in [-0.1, -0.05) is 12.2 Å². The first-order valence-corrected chi connectivity index (χ1v) is 5.61. The molecule has 0 saturated carbocycles. The van der Waals surface area contributed by atoms with Crippen molar-refractivity contribution < 1.29 is 14.6 Å². The fourth-order valence-corrected chi connectivity index (χ4v) is 2.42. The second-order valence-corrected chi connectivity index (χ2v) is 5.59. The lowest BCUT2D eigenvalue weighted by Gasteiger charge is -2.42. The first-order valence-electron chi connectivity index (χ1n) is 5.20. The van der Waals surface area contributed by atoms with Crippen LogP contribution in [0, 0.1) is 0 Å². The van der Waals surface area contributed by atoms with Crippen LogP contribution in [-0.2, 0) is 9.53 Å². The molecule has 1 unspecified atom stereocenters. The monoisotopic (exact) mass is 230 g/mol. The first-order chi connectivity index (χ1) is 6.77. The molecule has 1 aliphatic rings. The van der Waals surface area contributed by atoms with Crippen LogP contribution >= 0.6 is 12.2 Å². The standard InChI is InChI=1S/C11H18O3S/c1-8(15)7-11(9(12)13)6-4-5-10(2,3)14-11/h4-7H2,1-3H3,(H,12,13). The zero-order valence-electron chi connectivity index (χ0n) is 9.50. The van der Waals surface area contributed by atoms with Gasteiger partial charge in [0.15, 0.2) is 5.60 Å². The molecule has 1 aliphatic heterocycles. The number of rotatable bonds is 3. The Kier molecular flexibility index (Phi) is 3.51. The molecular formula is C11H18O3S. The molecule has 0 aromatic heterocycles. The van der Waals surface area contributed by atoms with E-state index >= 15 is 0 Å². The molecule has 0 spiro atoms. The van der Waals surface area contributed by atoms with E-state index in [-0.39, 0.29) is 5.60 Å². The number of hydrogen-bond donors (Lipinski definition) is 1. The molecule has 1 fully saturated rings. The summed E-state index contributed by atoms with van der Waals surface area (Å²) in [4.78, 5) is 12.0. The van der Waals surface area contributed by atoms with Gasteiger partial charge in [0.25, 0.3) is 0 Å². The number of carbonyl (C=O) groups is 1. The molecule has 86 valence electrons. The Bertz CT molecular complexity index is 286.